The van der Waals surface area contributed by atoms with Crippen molar-refractivity contribution in [2.24, 2.45) is 0 Å². The Morgan fingerprint density at radius 3 is 2.55 bits per heavy atom. The molecule has 2 aromatic rings. The van der Waals surface area contributed by atoms with Crippen LogP contribution >= 0.6 is 0 Å². The fourth-order valence-corrected chi connectivity index (χ4v) is 2.02. The van der Waals surface area contributed by atoms with E-state index in [0.29, 0.717) is 11.9 Å². The highest BCUT2D eigenvalue weighted by molar-refractivity contribution is 5.91. The van der Waals surface area contributed by atoms with Crippen molar-refractivity contribution in [3.8, 4) is 0 Å². The number of hydrogen-bond acceptors (Lipinski definition) is 4. The number of halogens is 3. The Morgan fingerprint density at radius 2 is 1.95 bits per heavy atom. The Morgan fingerprint density at radius 1 is 1.27 bits per heavy atom. The standard InChI is InChI=1S/C14H15F3N4O/c1-3-21(8-11(22)18-2)12-9-6-4-5-7-10(9)19-13(20-12)14(15,16)17/h4-7H,3,8H2,1-2H3,(H,18,22). The summed E-state index contributed by atoms with van der Waals surface area (Å²) in [5.41, 5.74) is 0.190. The first-order valence-electron chi connectivity index (χ1n) is 6.66. The molecular formula is C14H15F3N4O. The maximum absolute atomic E-state index is 13.0. The molecule has 0 fully saturated rings. The number of amides is 1. The minimum Gasteiger partial charge on any atom is -0.358 e. The predicted molar refractivity (Wildman–Crippen MR) is 76.5 cm³/mol. The molecule has 1 aromatic heterocycles. The van der Waals surface area contributed by atoms with Gasteiger partial charge in [0.25, 0.3) is 0 Å². The molecule has 0 spiro atoms. The van der Waals surface area contributed by atoms with Gasteiger partial charge in [-0.2, -0.15) is 13.2 Å². The van der Waals surface area contributed by atoms with Crippen LogP contribution in [0.4, 0.5) is 19.0 Å². The third kappa shape index (κ3) is 3.26. The van der Waals surface area contributed by atoms with Gasteiger partial charge in [0.15, 0.2) is 0 Å². The number of anilines is 1. The fraction of sp³-hybridized carbons (Fsp3) is 0.357. The fourth-order valence-electron chi connectivity index (χ4n) is 2.02. The van der Waals surface area contributed by atoms with E-state index in [1.54, 1.807) is 25.1 Å². The van der Waals surface area contributed by atoms with E-state index in [2.05, 4.69) is 15.3 Å². The van der Waals surface area contributed by atoms with Gasteiger partial charge in [0, 0.05) is 19.0 Å². The summed E-state index contributed by atoms with van der Waals surface area (Å²) in [5.74, 6) is -1.42. The molecule has 0 unspecified atom stereocenters. The van der Waals surface area contributed by atoms with Gasteiger partial charge in [-0.15, -0.1) is 0 Å². The molecule has 1 heterocycles. The molecule has 2 rings (SSSR count). The van der Waals surface area contributed by atoms with Crippen LogP contribution in [0, 0.1) is 0 Å². The zero-order valence-electron chi connectivity index (χ0n) is 12.1. The number of likely N-dealkylation sites (N-methyl/N-ethyl adjacent to an activating group) is 2. The highest BCUT2D eigenvalue weighted by atomic mass is 19.4. The second-order valence-corrected chi connectivity index (χ2v) is 4.57. The van der Waals surface area contributed by atoms with E-state index in [1.165, 1.54) is 18.0 Å². The third-order valence-electron chi connectivity index (χ3n) is 3.13. The first-order chi connectivity index (χ1) is 10.4. The number of nitrogens with one attached hydrogen (secondary N) is 1. The van der Waals surface area contributed by atoms with Crippen LogP contribution in [-0.2, 0) is 11.0 Å². The largest absolute Gasteiger partial charge is 0.451 e. The molecule has 0 atom stereocenters. The Bertz CT molecular complexity index is 687. The van der Waals surface area contributed by atoms with E-state index < -0.39 is 12.0 Å². The van der Waals surface area contributed by atoms with E-state index >= 15 is 0 Å². The van der Waals surface area contributed by atoms with Crippen molar-refractivity contribution < 1.29 is 18.0 Å². The van der Waals surface area contributed by atoms with E-state index in [-0.39, 0.29) is 23.8 Å². The molecule has 0 aliphatic rings. The SMILES string of the molecule is CCN(CC(=O)NC)c1nc(C(F)(F)F)nc2ccccc12. The number of aromatic nitrogens is 2. The van der Waals surface area contributed by atoms with Crippen LogP contribution in [0.25, 0.3) is 10.9 Å². The zero-order chi connectivity index (χ0) is 16.3. The lowest BCUT2D eigenvalue weighted by Gasteiger charge is -2.23. The summed E-state index contributed by atoms with van der Waals surface area (Å²) in [6, 6.07) is 6.42. The van der Waals surface area contributed by atoms with E-state index in [1.807, 2.05) is 0 Å². The summed E-state index contributed by atoms with van der Waals surface area (Å²) in [5, 5.41) is 2.92. The quantitative estimate of drug-likeness (QED) is 0.940. The average Bonchev–Trinajstić information content (AvgIpc) is 2.50. The second-order valence-electron chi connectivity index (χ2n) is 4.57. The molecule has 1 aromatic carbocycles. The molecule has 1 N–H and O–H groups in total. The van der Waals surface area contributed by atoms with E-state index in [4.69, 9.17) is 0 Å². The van der Waals surface area contributed by atoms with E-state index in [9.17, 15) is 18.0 Å². The molecule has 0 radical (unpaired) electrons. The summed E-state index contributed by atoms with van der Waals surface area (Å²) in [6.07, 6.45) is -4.65. The Labute approximate surface area is 125 Å². The van der Waals surface area contributed by atoms with Crippen molar-refractivity contribution in [3.05, 3.63) is 30.1 Å². The lowest BCUT2D eigenvalue weighted by Crippen LogP contribution is -2.36. The number of benzene rings is 1. The monoisotopic (exact) mass is 312 g/mol. The highest BCUT2D eigenvalue weighted by Crippen LogP contribution is 2.31. The van der Waals surface area contributed by atoms with Crippen LogP contribution in [0.1, 0.15) is 12.7 Å². The molecule has 0 saturated carbocycles. The second kappa shape index (κ2) is 6.17. The van der Waals surface area contributed by atoms with Crippen LogP contribution in [0.5, 0.6) is 0 Å². The van der Waals surface area contributed by atoms with Crippen LogP contribution in [-0.4, -0.2) is 36.0 Å². The van der Waals surface area contributed by atoms with Crippen molar-refractivity contribution in [2.45, 2.75) is 13.1 Å². The van der Waals surface area contributed by atoms with Crippen molar-refractivity contribution in [3.63, 3.8) is 0 Å². The number of rotatable bonds is 4. The van der Waals surface area contributed by atoms with Gasteiger partial charge >= 0.3 is 6.18 Å². The smallest absolute Gasteiger partial charge is 0.358 e. The normalized spacial score (nSPS) is 11.5. The Balaban J connectivity index is 2.61. The first-order valence-corrected chi connectivity index (χ1v) is 6.66. The van der Waals surface area contributed by atoms with Gasteiger partial charge in [-0.1, -0.05) is 12.1 Å². The van der Waals surface area contributed by atoms with Crippen LogP contribution in [0.3, 0.4) is 0 Å². The number of para-hydroxylation sites is 1. The van der Waals surface area contributed by atoms with Gasteiger partial charge in [-0.05, 0) is 19.1 Å². The summed E-state index contributed by atoms with van der Waals surface area (Å²) >= 11 is 0. The molecule has 1 amide bonds. The lowest BCUT2D eigenvalue weighted by molar-refractivity contribution is -0.144. The molecule has 0 aliphatic carbocycles. The molecule has 0 saturated heterocycles. The van der Waals surface area contributed by atoms with Crippen LogP contribution in [0.15, 0.2) is 24.3 Å². The van der Waals surface area contributed by atoms with Gasteiger partial charge in [-0.3, -0.25) is 4.79 Å². The summed E-state index contributed by atoms with van der Waals surface area (Å²) in [7, 11) is 1.47. The number of carbonyl (C=O) groups excluding carboxylic acids is 1. The number of alkyl halides is 3. The summed E-state index contributed by atoms with van der Waals surface area (Å²) in [6.45, 7) is 2.00. The summed E-state index contributed by atoms with van der Waals surface area (Å²) < 4.78 is 38.9. The molecule has 118 valence electrons. The third-order valence-corrected chi connectivity index (χ3v) is 3.13. The number of hydrogen-bond donors (Lipinski definition) is 1. The zero-order valence-corrected chi connectivity index (χ0v) is 12.1. The molecule has 5 nitrogen and oxygen atoms in total. The number of carbonyl (C=O) groups is 1. The van der Waals surface area contributed by atoms with Gasteiger partial charge < -0.3 is 10.2 Å². The van der Waals surface area contributed by atoms with Gasteiger partial charge in [0.2, 0.25) is 11.7 Å². The van der Waals surface area contributed by atoms with Crippen molar-refractivity contribution in [1.82, 2.24) is 15.3 Å². The molecule has 8 heteroatoms. The van der Waals surface area contributed by atoms with Crippen molar-refractivity contribution in [2.75, 3.05) is 25.0 Å². The van der Waals surface area contributed by atoms with Crippen LogP contribution in [0.2, 0.25) is 0 Å². The predicted octanol–water partition coefficient (Wildman–Crippen LogP) is 2.22. The van der Waals surface area contributed by atoms with E-state index in [0.717, 1.165) is 0 Å². The minimum atomic E-state index is -4.65. The maximum atomic E-state index is 13.0. The minimum absolute atomic E-state index is 0.0781. The van der Waals surface area contributed by atoms with Gasteiger partial charge in [0.1, 0.15) is 5.82 Å². The first kappa shape index (κ1) is 16.0. The Kier molecular flexibility index (Phi) is 4.48. The number of fused-ring (bicyclic) bond motifs is 1. The highest BCUT2D eigenvalue weighted by Gasteiger charge is 2.36. The number of nitrogens with zero attached hydrogens (tertiary/aromatic N) is 3. The van der Waals surface area contributed by atoms with Crippen molar-refractivity contribution >= 4 is 22.6 Å². The van der Waals surface area contributed by atoms with Crippen molar-refractivity contribution in [1.29, 1.82) is 0 Å². The summed E-state index contributed by atoms with van der Waals surface area (Å²) in [4.78, 5) is 20.2. The lowest BCUT2D eigenvalue weighted by atomic mass is 10.2. The van der Waals surface area contributed by atoms with Gasteiger partial charge in [0.05, 0.1) is 12.1 Å². The molecule has 0 bridgehead atoms. The molecule has 22 heavy (non-hydrogen) atoms. The average molecular weight is 312 g/mol. The molecule has 0 aliphatic heterocycles. The van der Waals surface area contributed by atoms with Crippen LogP contribution < -0.4 is 10.2 Å². The van der Waals surface area contributed by atoms with Gasteiger partial charge in [-0.25, -0.2) is 9.97 Å². The molecular weight excluding hydrogens is 297 g/mol. The Hall–Kier alpha value is -2.38. The maximum Gasteiger partial charge on any atom is 0.451 e. The topological polar surface area (TPSA) is 58.1 Å².